The maximum absolute atomic E-state index is 13.3. The van der Waals surface area contributed by atoms with Crippen LogP contribution >= 0.6 is 11.6 Å². The molecular weight excluding hydrogens is 524 g/mol. The van der Waals surface area contributed by atoms with Crippen molar-refractivity contribution in [3.63, 3.8) is 0 Å². The molecule has 0 aliphatic heterocycles. The molecule has 1 aromatic heterocycles. The number of methoxy groups -OCH3 is 2. The normalized spacial score (nSPS) is 11.2. The number of aliphatic hydroxyl groups excluding tert-OH is 1. The predicted molar refractivity (Wildman–Crippen MR) is 138 cm³/mol. The Morgan fingerprint density at radius 2 is 1.86 bits per heavy atom. The summed E-state index contributed by atoms with van der Waals surface area (Å²) in [6, 6.07) is 10.2. The maximum Gasteiger partial charge on any atom is 0.338 e. The van der Waals surface area contributed by atoms with Gasteiger partial charge in [-0.25, -0.2) is 9.78 Å². The molecule has 0 spiro atoms. The van der Waals surface area contributed by atoms with Crippen LogP contribution in [0, 0.1) is 0 Å². The Kier molecular flexibility index (Phi) is 9.19. The molecule has 3 rings (SSSR count). The minimum absolute atomic E-state index is 0.0275. The first-order valence-corrected chi connectivity index (χ1v) is 13.0. The number of aromatic nitrogens is 1. The van der Waals surface area contributed by atoms with Crippen molar-refractivity contribution in [2.75, 3.05) is 32.2 Å². The lowest BCUT2D eigenvalue weighted by Gasteiger charge is -2.19. The summed E-state index contributed by atoms with van der Waals surface area (Å²) in [5.74, 6) is -0.191. The number of ether oxygens (including phenoxy) is 4. The van der Waals surface area contributed by atoms with Crippen molar-refractivity contribution in [3.05, 3.63) is 64.8 Å². The molecule has 0 atom stereocenters. The van der Waals surface area contributed by atoms with Crippen molar-refractivity contribution in [2.45, 2.75) is 24.8 Å². The van der Waals surface area contributed by atoms with Crippen molar-refractivity contribution >= 4 is 33.3 Å². The Balaban J connectivity index is 2.16. The van der Waals surface area contributed by atoms with Gasteiger partial charge in [0.05, 0.1) is 37.1 Å². The summed E-state index contributed by atoms with van der Waals surface area (Å²) in [7, 11) is -1.59. The molecular formula is C25H27ClN2O8S. The Morgan fingerprint density at radius 1 is 1.11 bits per heavy atom. The second-order valence-corrected chi connectivity index (χ2v) is 10.0. The lowest BCUT2D eigenvalue weighted by molar-refractivity contribution is 0.0600. The minimum Gasteiger partial charge on any atom is -0.497 e. The van der Waals surface area contributed by atoms with E-state index in [0.717, 1.165) is 5.56 Å². The Bertz CT molecular complexity index is 1360. The SMILES string of the molecule is COC(=O)c1cc(NS(=O)(=O)c2ccc(C(C)C)cn2)c(Oc2cc(OC)ccc2Cl)c(OCCO)c1. The number of anilines is 1. The third kappa shape index (κ3) is 6.82. The molecule has 1 heterocycles. The van der Waals surface area contributed by atoms with Crippen molar-refractivity contribution in [2.24, 2.45) is 0 Å². The van der Waals surface area contributed by atoms with Gasteiger partial charge in [-0.05, 0) is 41.8 Å². The summed E-state index contributed by atoms with van der Waals surface area (Å²) in [6.07, 6.45) is 1.48. The molecule has 2 N–H and O–H groups in total. The summed E-state index contributed by atoms with van der Waals surface area (Å²) < 4.78 is 50.5. The van der Waals surface area contributed by atoms with Crippen LogP contribution in [0.1, 0.15) is 35.7 Å². The second kappa shape index (κ2) is 12.1. The van der Waals surface area contributed by atoms with Crippen molar-refractivity contribution in [1.29, 1.82) is 0 Å². The molecule has 12 heteroatoms. The van der Waals surface area contributed by atoms with Gasteiger partial charge in [0.25, 0.3) is 10.0 Å². The number of nitrogens with zero attached hydrogens (tertiary/aromatic N) is 1. The monoisotopic (exact) mass is 550 g/mol. The summed E-state index contributed by atoms with van der Waals surface area (Å²) in [4.78, 5) is 16.4. The topological polar surface area (TPSA) is 133 Å². The lowest BCUT2D eigenvalue weighted by Crippen LogP contribution is -2.16. The van der Waals surface area contributed by atoms with Gasteiger partial charge < -0.3 is 24.1 Å². The zero-order valence-corrected chi connectivity index (χ0v) is 22.2. The number of rotatable bonds is 11. The number of nitrogens with one attached hydrogen (secondary N) is 1. The molecule has 0 saturated heterocycles. The quantitative estimate of drug-likeness (QED) is 0.328. The van der Waals surface area contributed by atoms with E-state index in [-0.39, 0.29) is 57.7 Å². The fourth-order valence-corrected chi connectivity index (χ4v) is 4.31. The highest BCUT2D eigenvalue weighted by atomic mass is 35.5. The summed E-state index contributed by atoms with van der Waals surface area (Å²) in [5, 5.41) is 9.25. The van der Waals surface area contributed by atoms with Crippen molar-refractivity contribution in [1.82, 2.24) is 4.98 Å². The van der Waals surface area contributed by atoms with Crippen LogP contribution in [0.25, 0.3) is 0 Å². The largest absolute Gasteiger partial charge is 0.497 e. The maximum atomic E-state index is 13.3. The van der Waals surface area contributed by atoms with Gasteiger partial charge in [-0.15, -0.1) is 0 Å². The van der Waals surface area contributed by atoms with Gasteiger partial charge in [-0.1, -0.05) is 31.5 Å². The number of hydrogen-bond donors (Lipinski definition) is 2. The van der Waals surface area contributed by atoms with E-state index in [4.69, 9.17) is 30.5 Å². The Labute approximate surface area is 220 Å². The first-order chi connectivity index (χ1) is 17.6. The number of halogens is 1. The average molecular weight is 551 g/mol. The van der Waals surface area contributed by atoms with Gasteiger partial charge in [0.1, 0.15) is 18.1 Å². The van der Waals surface area contributed by atoms with Gasteiger partial charge in [0.15, 0.2) is 16.5 Å². The van der Waals surface area contributed by atoms with E-state index in [0.29, 0.717) is 5.75 Å². The predicted octanol–water partition coefficient (Wildman–Crippen LogP) is 4.62. The van der Waals surface area contributed by atoms with Crippen LogP contribution in [-0.4, -0.2) is 51.9 Å². The van der Waals surface area contributed by atoms with E-state index in [1.165, 1.54) is 50.7 Å². The molecule has 0 saturated carbocycles. The lowest BCUT2D eigenvalue weighted by atomic mass is 10.1. The molecule has 0 unspecified atom stereocenters. The second-order valence-electron chi connectivity index (χ2n) is 8.00. The van der Waals surface area contributed by atoms with Crippen LogP contribution in [0.4, 0.5) is 5.69 Å². The van der Waals surface area contributed by atoms with Gasteiger partial charge in [-0.3, -0.25) is 4.72 Å². The van der Waals surface area contributed by atoms with Crippen molar-refractivity contribution in [3.8, 4) is 23.0 Å². The smallest absolute Gasteiger partial charge is 0.338 e. The first kappa shape index (κ1) is 28.0. The van der Waals surface area contributed by atoms with Crippen LogP contribution in [0.3, 0.4) is 0 Å². The highest BCUT2D eigenvalue weighted by Gasteiger charge is 2.25. The number of benzene rings is 2. The van der Waals surface area contributed by atoms with E-state index in [1.54, 1.807) is 12.1 Å². The number of carbonyl (C=O) groups excluding carboxylic acids is 1. The minimum atomic E-state index is -4.24. The average Bonchev–Trinajstić information content (AvgIpc) is 2.89. The summed E-state index contributed by atoms with van der Waals surface area (Å²) in [6.45, 7) is 3.40. The summed E-state index contributed by atoms with van der Waals surface area (Å²) >= 11 is 6.30. The molecule has 198 valence electrons. The molecule has 0 amide bonds. The van der Waals surface area contributed by atoms with Gasteiger partial charge in [0, 0.05) is 12.3 Å². The van der Waals surface area contributed by atoms with Gasteiger partial charge in [0.2, 0.25) is 0 Å². The Hall–Kier alpha value is -3.54. The van der Waals surface area contributed by atoms with E-state index >= 15 is 0 Å². The molecule has 0 bridgehead atoms. The number of hydrogen-bond acceptors (Lipinski definition) is 9. The van der Waals surface area contributed by atoms with E-state index in [9.17, 15) is 18.3 Å². The molecule has 0 aliphatic rings. The van der Waals surface area contributed by atoms with E-state index in [2.05, 4.69) is 9.71 Å². The summed E-state index contributed by atoms with van der Waals surface area (Å²) in [5.41, 5.74) is 0.688. The van der Waals surface area contributed by atoms with Crippen LogP contribution in [0.5, 0.6) is 23.0 Å². The van der Waals surface area contributed by atoms with Gasteiger partial charge in [-0.2, -0.15) is 8.42 Å². The molecule has 2 aromatic carbocycles. The highest BCUT2D eigenvalue weighted by Crippen LogP contribution is 2.43. The van der Waals surface area contributed by atoms with E-state index < -0.39 is 16.0 Å². The number of esters is 1. The number of carbonyl (C=O) groups is 1. The van der Waals surface area contributed by atoms with Crippen molar-refractivity contribution < 1.29 is 37.3 Å². The van der Waals surface area contributed by atoms with Crippen LogP contribution in [-0.2, 0) is 14.8 Å². The number of sulfonamides is 1. The third-order valence-electron chi connectivity index (χ3n) is 5.12. The fraction of sp³-hybridized carbons (Fsp3) is 0.280. The van der Waals surface area contributed by atoms with Gasteiger partial charge >= 0.3 is 5.97 Å². The number of aliphatic hydroxyl groups is 1. The molecule has 0 aliphatic carbocycles. The van der Waals surface area contributed by atoms with Crippen LogP contribution in [0.15, 0.2) is 53.7 Å². The Morgan fingerprint density at radius 3 is 2.46 bits per heavy atom. The zero-order valence-electron chi connectivity index (χ0n) is 20.6. The fourth-order valence-electron chi connectivity index (χ4n) is 3.17. The first-order valence-electron chi connectivity index (χ1n) is 11.1. The molecule has 10 nitrogen and oxygen atoms in total. The molecule has 0 fully saturated rings. The zero-order chi connectivity index (χ0) is 27.2. The molecule has 0 radical (unpaired) electrons. The van der Waals surface area contributed by atoms with Crippen LogP contribution in [0.2, 0.25) is 5.02 Å². The highest BCUT2D eigenvalue weighted by molar-refractivity contribution is 7.92. The molecule has 37 heavy (non-hydrogen) atoms. The van der Waals surface area contributed by atoms with E-state index in [1.807, 2.05) is 13.8 Å². The number of pyridine rings is 1. The van der Waals surface area contributed by atoms with Crippen LogP contribution < -0.4 is 18.9 Å². The molecule has 3 aromatic rings. The standard InChI is InChI=1S/C25H27ClN2O8S/c1-15(2)16-5-8-23(27-14-16)37(31,32)28-20-11-17(25(30)34-4)12-22(35-10-9-29)24(20)36-21-13-18(33-3)6-7-19(21)26/h5-8,11-15,28-29H,9-10H2,1-4H3. The third-order valence-corrected chi connectivity index (χ3v) is 6.71.